The second-order valence-corrected chi connectivity index (χ2v) is 5.62. The van der Waals surface area contributed by atoms with Gasteiger partial charge in [-0.25, -0.2) is 9.18 Å². The fraction of sp³-hybridized carbons (Fsp3) is 0.222. The molecular weight excluding hydrogens is 354 g/mol. The van der Waals surface area contributed by atoms with E-state index in [0.29, 0.717) is 5.56 Å². The van der Waals surface area contributed by atoms with Gasteiger partial charge in [-0.15, -0.1) is 0 Å². The summed E-state index contributed by atoms with van der Waals surface area (Å²) in [5, 5.41) is 11.4. The minimum absolute atomic E-state index is 0.238. The standard InChI is InChI=1S/C18H15F4NO3/c19-13-6-3-4-11(8-13)9-16(24)23-15(17(25)26)10-12-5-1-2-7-14(12)18(20,21)22/h1-8,15H,9-10H2,(H,23,24)(H,25,26)/t15-/m0/s1. The second kappa shape index (κ2) is 7.99. The van der Waals surface area contributed by atoms with Crippen LogP contribution in [0.3, 0.4) is 0 Å². The predicted octanol–water partition coefficient (Wildman–Crippen LogP) is 3.20. The summed E-state index contributed by atoms with van der Waals surface area (Å²) in [6.07, 6.45) is -5.45. The Kier molecular flexibility index (Phi) is 5.97. The van der Waals surface area contributed by atoms with Crippen LogP contribution in [0.4, 0.5) is 17.6 Å². The molecule has 2 N–H and O–H groups in total. The highest BCUT2D eigenvalue weighted by molar-refractivity contribution is 5.85. The molecule has 2 aromatic rings. The molecule has 1 atom stereocenters. The summed E-state index contributed by atoms with van der Waals surface area (Å²) in [5.74, 6) is -2.74. The van der Waals surface area contributed by atoms with Crippen molar-refractivity contribution >= 4 is 11.9 Å². The summed E-state index contributed by atoms with van der Waals surface area (Å²) in [6, 6.07) is 8.22. The molecule has 0 fully saturated rings. The number of aliphatic carboxylic acids is 1. The van der Waals surface area contributed by atoms with E-state index < -0.39 is 41.9 Å². The van der Waals surface area contributed by atoms with Crippen LogP contribution >= 0.6 is 0 Å². The van der Waals surface area contributed by atoms with E-state index in [1.54, 1.807) is 0 Å². The van der Waals surface area contributed by atoms with Crippen LogP contribution in [0, 0.1) is 5.82 Å². The normalized spacial score (nSPS) is 12.5. The Balaban J connectivity index is 2.13. The Labute approximate surface area is 146 Å². The maximum absolute atomic E-state index is 13.1. The third kappa shape index (κ3) is 5.30. The number of hydrogen-bond acceptors (Lipinski definition) is 2. The van der Waals surface area contributed by atoms with Crippen molar-refractivity contribution in [3.63, 3.8) is 0 Å². The quantitative estimate of drug-likeness (QED) is 0.769. The lowest BCUT2D eigenvalue weighted by molar-refractivity contribution is -0.142. The molecule has 1 amide bonds. The first-order chi connectivity index (χ1) is 12.2. The molecule has 0 bridgehead atoms. The molecule has 0 radical (unpaired) electrons. The van der Waals surface area contributed by atoms with E-state index in [1.807, 2.05) is 0 Å². The molecule has 8 heteroatoms. The zero-order valence-corrected chi connectivity index (χ0v) is 13.4. The fourth-order valence-corrected chi connectivity index (χ4v) is 2.47. The molecule has 2 aromatic carbocycles. The van der Waals surface area contributed by atoms with Crippen molar-refractivity contribution in [1.29, 1.82) is 0 Å². The molecule has 2 rings (SSSR count). The summed E-state index contributed by atoms with van der Waals surface area (Å²) >= 11 is 0. The Morgan fingerprint density at radius 2 is 1.77 bits per heavy atom. The van der Waals surface area contributed by atoms with Crippen molar-refractivity contribution in [2.75, 3.05) is 0 Å². The van der Waals surface area contributed by atoms with Gasteiger partial charge in [0.15, 0.2) is 0 Å². The molecule has 0 saturated heterocycles. The van der Waals surface area contributed by atoms with Crippen molar-refractivity contribution in [2.24, 2.45) is 0 Å². The van der Waals surface area contributed by atoms with Crippen LogP contribution in [0.2, 0.25) is 0 Å². The van der Waals surface area contributed by atoms with Gasteiger partial charge in [-0.2, -0.15) is 13.2 Å². The lowest BCUT2D eigenvalue weighted by atomic mass is 9.99. The van der Waals surface area contributed by atoms with E-state index in [0.717, 1.165) is 18.2 Å². The van der Waals surface area contributed by atoms with Crippen molar-refractivity contribution in [3.8, 4) is 0 Å². The van der Waals surface area contributed by atoms with Crippen LogP contribution in [-0.4, -0.2) is 23.0 Å². The Hall–Kier alpha value is -2.90. The van der Waals surface area contributed by atoms with E-state index in [4.69, 9.17) is 0 Å². The van der Waals surface area contributed by atoms with E-state index in [9.17, 15) is 32.3 Å². The van der Waals surface area contributed by atoms with Crippen LogP contribution < -0.4 is 5.32 Å². The van der Waals surface area contributed by atoms with Crippen LogP contribution in [0.25, 0.3) is 0 Å². The molecule has 0 aliphatic rings. The maximum atomic E-state index is 13.1. The molecule has 0 aliphatic heterocycles. The summed E-state index contributed by atoms with van der Waals surface area (Å²) in [5.41, 5.74) is -0.869. The molecule has 0 heterocycles. The van der Waals surface area contributed by atoms with E-state index in [1.165, 1.54) is 30.3 Å². The molecular formula is C18H15F4NO3. The van der Waals surface area contributed by atoms with Crippen LogP contribution in [0.1, 0.15) is 16.7 Å². The lowest BCUT2D eigenvalue weighted by Gasteiger charge is -2.18. The van der Waals surface area contributed by atoms with Gasteiger partial charge in [-0.3, -0.25) is 4.79 Å². The SMILES string of the molecule is O=C(Cc1cccc(F)c1)N[C@@H](Cc1ccccc1C(F)(F)F)C(=O)O. The van der Waals surface area contributed by atoms with Gasteiger partial charge in [-0.05, 0) is 29.3 Å². The van der Waals surface area contributed by atoms with Crippen molar-refractivity contribution in [2.45, 2.75) is 25.1 Å². The molecule has 0 unspecified atom stereocenters. The number of carboxylic acids is 1. The fourth-order valence-electron chi connectivity index (χ4n) is 2.47. The molecule has 0 saturated carbocycles. The highest BCUT2D eigenvalue weighted by atomic mass is 19.4. The van der Waals surface area contributed by atoms with E-state index >= 15 is 0 Å². The zero-order chi connectivity index (χ0) is 19.3. The first-order valence-electron chi connectivity index (χ1n) is 7.58. The first-order valence-corrected chi connectivity index (χ1v) is 7.58. The van der Waals surface area contributed by atoms with Gasteiger partial charge in [0, 0.05) is 6.42 Å². The molecule has 0 aliphatic carbocycles. The minimum Gasteiger partial charge on any atom is -0.480 e. The van der Waals surface area contributed by atoms with Gasteiger partial charge in [0.05, 0.1) is 12.0 Å². The number of carbonyl (C=O) groups excluding carboxylic acids is 1. The smallest absolute Gasteiger partial charge is 0.416 e. The molecule has 0 aromatic heterocycles. The Morgan fingerprint density at radius 3 is 2.38 bits per heavy atom. The van der Waals surface area contributed by atoms with Crippen molar-refractivity contribution < 1.29 is 32.3 Å². The molecule has 4 nitrogen and oxygen atoms in total. The molecule has 138 valence electrons. The first kappa shape index (κ1) is 19.4. The number of carboxylic acid groups (broad SMARTS) is 1. The second-order valence-electron chi connectivity index (χ2n) is 5.62. The van der Waals surface area contributed by atoms with Crippen LogP contribution in [0.15, 0.2) is 48.5 Å². The summed E-state index contributed by atoms with van der Waals surface area (Å²) in [4.78, 5) is 23.3. The third-order valence-electron chi connectivity index (χ3n) is 3.63. The average molecular weight is 369 g/mol. The van der Waals surface area contributed by atoms with Crippen LogP contribution in [0.5, 0.6) is 0 Å². The van der Waals surface area contributed by atoms with Crippen molar-refractivity contribution in [1.82, 2.24) is 5.32 Å². The number of alkyl halides is 3. The number of amides is 1. The predicted molar refractivity (Wildman–Crippen MR) is 84.8 cm³/mol. The minimum atomic E-state index is -4.63. The van der Waals surface area contributed by atoms with Crippen molar-refractivity contribution in [3.05, 3.63) is 71.0 Å². The van der Waals surface area contributed by atoms with Gasteiger partial charge in [-0.1, -0.05) is 30.3 Å². The average Bonchev–Trinajstić information content (AvgIpc) is 2.53. The number of carbonyl (C=O) groups is 2. The monoisotopic (exact) mass is 369 g/mol. The number of rotatable bonds is 6. The Bertz CT molecular complexity index is 805. The zero-order valence-electron chi connectivity index (χ0n) is 13.4. The highest BCUT2D eigenvalue weighted by Crippen LogP contribution is 2.32. The third-order valence-corrected chi connectivity index (χ3v) is 3.63. The van der Waals surface area contributed by atoms with Gasteiger partial charge >= 0.3 is 12.1 Å². The Morgan fingerprint density at radius 1 is 1.08 bits per heavy atom. The van der Waals surface area contributed by atoms with Gasteiger partial charge in [0.2, 0.25) is 5.91 Å². The van der Waals surface area contributed by atoms with E-state index in [2.05, 4.69) is 5.32 Å². The van der Waals surface area contributed by atoms with E-state index in [-0.39, 0.29) is 12.0 Å². The number of nitrogens with one attached hydrogen (secondary N) is 1. The topological polar surface area (TPSA) is 66.4 Å². The van der Waals surface area contributed by atoms with Gasteiger partial charge < -0.3 is 10.4 Å². The van der Waals surface area contributed by atoms with Gasteiger partial charge in [0.1, 0.15) is 11.9 Å². The highest BCUT2D eigenvalue weighted by Gasteiger charge is 2.34. The van der Waals surface area contributed by atoms with Gasteiger partial charge in [0.25, 0.3) is 0 Å². The molecule has 0 spiro atoms. The largest absolute Gasteiger partial charge is 0.480 e. The summed E-state index contributed by atoms with van der Waals surface area (Å²) < 4.78 is 52.2. The summed E-state index contributed by atoms with van der Waals surface area (Å²) in [7, 11) is 0. The number of hydrogen-bond donors (Lipinski definition) is 2. The lowest BCUT2D eigenvalue weighted by Crippen LogP contribution is -2.43. The molecule has 26 heavy (non-hydrogen) atoms. The number of halogens is 4. The van der Waals surface area contributed by atoms with Crippen LogP contribution in [-0.2, 0) is 28.6 Å². The summed E-state index contributed by atoms with van der Waals surface area (Å²) in [6.45, 7) is 0. The number of benzene rings is 2. The maximum Gasteiger partial charge on any atom is 0.416 e.